The minimum absolute atomic E-state index is 0.0127. The number of hydrogen-bond acceptors (Lipinski definition) is 4. The zero-order chi connectivity index (χ0) is 20.7. The largest absolute Gasteiger partial charge is 0.493 e. The van der Waals surface area contributed by atoms with Gasteiger partial charge in [0.15, 0.2) is 17.2 Å². The maximum Gasteiger partial charge on any atom is 0.356 e. The number of aryl methyl sites for hydroxylation is 2. The molecule has 1 heterocycles. The van der Waals surface area contributed by atoms with Crippen molar-refractivity contribution in [1.82, 2.24) is 9.78 Å². The molecule has 0 saturated carbocycles. The average molecular weight is 392 g/mol. The first-order chi connectivity index (χ1) is 13.9. The van der Waals surface area contributed by atoms with Crippen molar-refractivity contribution in [2.45, 2.75) is 39.7 Å². The van der Waals surface area contributed by atoms with Crippen molar-refractivity contribution in [2.24, 2.45) is 0 Å². The molecule has 6 nitrogen and oxygen atoms in total. The molecule has 2 aromatic carbocycles. The topological polar surface area (TPSA) is 73.6 Å². The summed E-state index contributed by atoms with van der Waals surface area (Å²) in [6.07, 6.45) is 1.32. The van der Waals surface area contributed by atoms with Gasteiger partial charge in [-0.15, -0.1) is 0 Å². The molecule has 1 aliphatic rings. The monoisotopic (exact) mass is 392 g/mol. The summed E-state index contributed by atoms with van der Waals surface area (Å²) in [5.41, 5.74) is 5.62. The first kappa shape index (κ1) is 19.1. The molecule has 0 amide bonds. The van der Waals surface area contributed by atoms with E-state index < -0.39 is 5.97 Å². The van der Waals surface area contributed by atoms with Crippen molar-refractivity contribution < 1.29 is 19.4 Å². The minimum Gasteiger partial charge on any atom is -0.493 e. The van der Waals surface area contributed by atoms with Gasteiger partial charge in [0.1, 0.15) is 0 Å². The van der Waals surface area contributed by atoms with Gasteiger partial charge in [-0.25, -0.2) is 9.48 Å². The summed E-state index contributed by atoms with van der Waals surface area (Å²) in [7, 11) is 1.63. The number of ether oxygens (including phenoxy) is 2. The Balaban J connectivity index is 1.99. The molecule has 150 valence electrons. The molecule has 1 aliphatic carbocycles. The number of aromatic nitrogens is 2. The van der Waals surface area contributed by atoms with E-state index in [2.05, 4.69) is 5.10 Å². The van der Waals surface area contributed by atoms with E-state index >= 15 is 0 Å². The molecule has 0 radical (unpaired) electrons. The van der Waals surface area contributed by atoms with E-state index in [4.69, 9.17) is 9.47 Å². The fourth-order valence-electron chi connectivity index (χ4n) is 3.88. The normalized spacial score (nSPS) is 12.4. The summed E-state index contributed by atoms with van der Waals surface area (Å²) < 4.78 is 13.2. The fourth-order valence-corrected chi connectivity index (χ4v) is 3.88. The maximum atomic E-state index is 11.9. The van der Waals surface area contributed by atoms with Gasteiger partial charge in [-0.1, -0.05) is 12.1 Å². The molecular formula is C23H24N2O4. The lowest BCUT2D eigenvalue weighted by atomic mass is 9.88. The lowest BCUT2D eigenvalue weighted by Gasteiger charge is -2.22. The second-order valence-electron chi connectivity index (χ2n) is 7.56. The number of carboxylic acids is 1. The van der Waals surface area contributed by atoms with E-state index in [-0.39, 0.29) is 11.8 Å². The van der Waals surface area contributed by atoms with Gasteiger partial charge in [-0.3, -0.25) is 0 Å². The van der Waals surface area contributed by atoms with Crippen molar-refractivity contribution in [3.8, 4) is 28.4 Å². The highest BCUT2D eigenvalue weighted by Gasteiger charge is 2.30. The zero-order valence-corrected chi connectivity index (χ0v) is 17.0. The first-order valence-electron chi connectivity index (χ1n) is 9.69. The lowest BCUT2D eigenvalue weighted by molar-refractivity contribution is 0.0688. The molecule has 0 unspecified atom stereocenters. The van der Waals surface area contributed by atoms with Crippen LogP contribution in [0.3, 0.4) is 0 Å². The Kier molecular flexibility index (Phi) is 4.78. The number of rotatable bonds is 5. The van der Waals surface area contributed by atoms with E-state index in [1.807, 2.05) is 57.2 Å². The number of carbonyl (C=O) groups is 1. The van der Waals surface area contributed by atoms with E-state index in [0.717, 1.165) is 40.1 Å². The van der Waals surface area contributed by atoms with Gasteiger partial charge in [0.2, 0.25) is 0 Å². The molecule has 0 atom stereocenters. The van der Waals surface area contributed by atoms with Crippen LogP contribution in [0.5, 0.6) is 11.5 Å². The molecule has 4 rings (SSSR count). The molecular weight excluding hydrogens is 368 g/mol. The quantitative estimate of drug-likeness (QED) is 0.695. The Morgan fingerprint density at radius 1 is 1.17 bits per heavy atom. The minimum atomic E-state index is -1.01. The molecule has 0 spiro atoms. The van der Waals surface area contributed by atoms with Crippen LogP contribution in [0.15, 0.2) is 36.4 Å². The van der Waals surface area contributed by atoms with Gasteiger partial charge in [0.05, 0.1) is 24.6 Å². The Bertz CT molecular complexity index is 1100. The third-order valence-electron chi connectivity index (χ3n) is 5.08. The van der Waals surface area contributed by atoms with Crippen molar-refractivity contribution in [1.29, 1.82) is 0 Å². The first-order valence-corrected chi connectivity index (χ1v) is 9.69. The van der Waals surface area contributed by atoms with Crippen LogP contribution in [0.4, 0.5) is 0 Å². The predicted molar refractivity (Wildman–Crippen MR) is 110 cm³/mol. The standard InChI is InChI=1S/C23H24N2O4/c1-13(2)29-20-12-18-15(11-19(20)28-4)8-9-17-21(23(26)27)24-25(22(17)18)16-7-5-6-14(3)10-16/h5-7,10-13H,8-9H2,1-4H3,(H,26,27). The number of aromatic carboxylic acids is 1. The van der Waals surface area contributed by atoms with Gasteiger partial charge in [-0.05, 0) is 69.0 Å². The predicted octanol–water partition coefficient (Wildman–Crippen LogP) is 4.44. The Hall–Kier alpha value is -3.28. The van der Waals surface area contributed by atoms with Gasteiger partial charge in [-0.2, -0.15) is 5.10 Å². The number of fused-ring (bicyclic) bond motifs is 3. The summed E-state index contributed by atoms with van der Waals surface area (Å²) in [6.45, 7) is 5.93. The zero-order valence-electron chi connectivity index (χ0n) is 17.0. The van der Waals surface area contributed by atoms with Crippen LogP contribution in [0.25, 0.3) is 16.9 Å². The van der Waals surface area contributed by atoms with Crippen LogP contribution in [0.2, 0.25) is 0 Å². The number of methoxy groups -OCH3 is 1. The SMILES string of the molecule is COc1cc2c(cc1OC(C)C)-c1c(c(C(=O)O)nn1-c1cccc(C)c1)CC2. The van der Waals surface area contributed by atoms with Crippen LogP contribution in [-0.2, 0) is 12.8 Å². The third kappa shape index (κ3) is 3.35. The van der Waals surface area contributed by atoms with Crippen molar-refractivity contribution >= 4 is 5.97 Å². The molecule has 0 bridgehead atoms. The number of benzene rings is 2. The summed E-state index contributed by atoms with van der Waals surface area (Å²) in [6, 6.07) is 11.8. The molecule has 6 heteroatoms. The summed E-state index contributed by atoms with van der Waals surface area (Å²) in [4.78, 5) is 11.9. The smallest absolute Gasteiger partial charge is 0.356 e. The van der Waals surface area contributed by atoms with Crippen molar-refractivity contribution in [2.75, 3.05) is 7.11 Å². The fraction of sp³-hybridized carbons (Fsp3) is 0.304. The van der Waals surface area contributed by atoms with Gasteiger partial charge < -0.3 is 14.6 Å². The highest BCUT2D eigenvalue weighted by atomic mass is 16.5. The second-order valence-corrected chi connectivity index (χ2v) is 7.56. The number of carboxylic acid groups (broad SMARTS) is 1. The second kappa shape index (κ2) is 7.28. The van der Waals surface area contributed by atoms with E-state index in [1.165, 1.54) is 0 Å². The van der Waals surface area contributed by atoms with Crippen LogP contribution >= 0.6 is 0 Å². The third-order valence-corrected chi connectivity index (χ3v) is 5.08. The molecule has 3 aromatic rings. The summed E-state index contributed by atoms with van der Waals surface area (Å²) in [5.74, 6) is 0.312. The molecule has 0 aliphatic heterocycles. The Labute approximate surface area is 169 Å². The van der Waals surface area contributed by atoms with E-state index in [9.17, 15) is 9.90 Å². The van der Waals surface area contributed by atoms with Crippen LogP contribution in [-0.4, -0.2) is 34.1 Å². The molecule has 0 saturated heterocycles. The molecule has 1 N–H and O–H groups in total. The summed E-state index contributed by atoms with van der Waals surface area (Å²) >= 11 is 0. The van der Waals surface area contributed by atoms with Gasteiger partial charge in [0, 0.05) is 11.1 Å². The van der Waals surface area contributed by atoms with E-state index in [1.54, 1.807) is 11.8 Å². The van der Waals surface area contributed by atoms with Gasteiger partial charge in [0.25, 0.3) is 0 Å². The number of hydrogen-bond donors (Lipinski definition) is 1. The lowest BCUT2D eigenvalue weighted by Crippen LogP contribution is -2.11. The van der Waals surface area contributed by atoms with Crippen molar-refractivity contribution in [3.63, 3.8) is 0 Å². The average Bonchev–Trinajstić information content (AvgIpc) is 3.07. The highest BCUT2D eigenvalue weighted by Crippen LogP contribution is 2.42. The molecule has 1 aromatic heterocycles. The highest BCUT2D eigenvalue weighted by molar-refractivity contribution is 5.91. The summed E-state index contributed by atoms with van der Waals surface area (Å²) in [5, 5.41) is 14.2. The van der Waals surface area contributed by atoms with Crippen LogP contribution < -0.4 is 9.47 Å². The van der Waals surface area contributed by atoms with E-state index in [0.29, 0.717) is 17.9 Å². The van der Waals surface area contributed by atoms with Crippen LogP contribution in [0.1, 0.15) is 41.0 Å². The Morgan fingerprint density at radius 3 is 2.62 bits per heavy atom. The molecule has 0 fully saturated rings. The Morgan fingerprint density at radius 2 is 1.97 bits per heavy atom. The maximum absolute atomic E-state index is 11.9. The number of nitrogens with zero attached hydrogens (tertiary/aromatic N) is 2. The van der Waals surface area contributed by atoms with Crippen molar-refractivity contribution in [3.05, 3.63) is 58.8 Å². The van der Waals surface area contributed by atoms with Gasteiger partial charge >= 0.3 is 5.97 Å². The van der Waals surface area contributed by atoms with Crippen LogP contribution in [0, 0.1) is 6.92 Å². The molecule has 29 heavy (non-hydrogen) atoms.